The van der Waals surface area contributed by atoms with Crippen LogP contribution < -0.4 is 4.57 Å². The van der Waals surface area contributed by atoms with Gasteiger partial charge in [0.2, 0.25) is 5.69 Å². The van der Waals surface area contributed by atoms with E-state index in [1.54, 1.807) is 0 Å². The van der Waals surface area contributed by atoms with E-state index in [0.717, 1.165) is 5.57 Å². The largest absolute Gasteiger partial charge is 0.213 e. The molecule has 0 aliphatic carbocycles. The summed E-state index contributed by atoms with van der Waals surface area (Å²) in [5.41, 5.74) is 3.43. The fourth-order valence-electron chi connectivity index (χ4n) is 2.19. The summed E-state index contributed by atoms with van der Waals surface area (Å²) in [6.45, 7) is 8.16. The number of hydrogen-bond donors (Lipinski definition) is 0. The van der Waals surface area contributed by atoms with Crippen molar-refractivity contribution in [3.05, 3.63) is 72.6 Å². The lowest BCUT2D eigenvalue weighted by Gasteiger charge is -2.06. The molecule has 0 bridgehead atoms. The molecular weight excluding hydrogens is 230 g/mol. The first-order chi connectivity index (χ1) is 9.13. The minimum Gasteiger partial charge on any atom is -0.200 e. The van der Waals surface area contributed by atoms with E-state index in [-0.39, 0.29) is 0 Å². The van der Waals surface area contributed by atoms with Gasteiger partial charge in [0.25, 0.3) is 0 Å². The van der Waals surface area contributed by atoms with Crippen LogP contribution in [0.2, 0.25) is 0 Å². The first-order valence-electron chi connectivity index (χ1n) is 6.51. The van der Waals surface area contributed by atoms with Crippen molar-refractivity contribution in [1.82, 2.24) is 0 Å². The van der Waals surface area contributed by atoms with E-state index in [2.05, 4.69) is 66.9 Å². The highest BCUT2D eigenvalue weighted by atomic mass is 14.9. The van der Waals surface area contributed by atoms with Crippen molar-refractivity contribution < 1.29 is 4.57 Å². The fourth-order valence-corrected chi connectivity index (χ4v) is 2.19. The Morgan fingerprint density at radius 2 is 1.89 bits per heavy atom. The van der Waals surface area contributed by atoms with Crippen LogP contribution in [0.3, 0.4) is 0 Å². The normalized spacial score (nSPS) is 12.3. The van der Waals surface area contributed by atoms with E-state index in [1.165, 1.54) is 22.0 Å². The van der Waals surface area contributed by atoms with Gasteiger partial charge in [0.15, 0.2) is 6.20 Å². The molecule has 0 saturated carbocycles. The molecule has 0 saturated heterocycles. The minimum atomic E-state index is 1.07. The number of fused-ring (bicyclic) bond motifs is 1. The smallest absolute Gasteiger partial charge is 0.200 e. The Morgan fingerprint density at radius 1 is 1.21 bits per heavy atom. The lowest BCUT2D eigenvalue weighted by atomic mass is 10.0. The average Bonchev–Trinajstić information content (AvgIpc) is 2.39. The maximum absolute atomic E-state index is 4.09. The summed E-state index contributed by atoms with van der Waals surface area (Å²) in [6, 6.07) is 10.6. The molecule has 0 unspecified atom stereocenters. The summed E-state index contributed by atoms with van der Waals surface area (Å²) in [4.78, 5) is 0. The Bertz CT molecular complexity index is 675. The van der Waals surface area contributed by atoms with Gasteiger partial charge in [-0.3, -0.25) is 0 Å². The van der Waals surface area contributed by atoms with Crippen molar-refractivity contribution in [2.24, 2.45) is 7.05 Å². The topological polar surface area (TPSA) is 3.88 Å². The zero-order valence-corrected chi connectivity index (χ0v) is 11.9. The Balaban J connectivity index is 2.66. The molecule has 2 rings (SSSR count). The monoisotopic (exact) mass is 250 g/mol. The highest BCUT2D eigenvalue weighted by Crippen LogP contribution is 2.22. The zero-order valence-electron chi connectivity index (χ0n) is 11.9. The van der Waals surface area contributed by atoms with Crippen LogP contribution in [0.25, 0.3) is 16.3 Å². The van der Waals surface area contributed by atoms with E-state index >= 15 is 0 Å². The van der Waals surface area contributed by atoms with E-state index < -0.39 is 0 Å². The molecular formula is C18H20N+. The van der Waals surface area contributed by atoms with Crippen LogP contribution in [-0.4, -0.2) is 0 Å². The first kappa shape index (κ1) is 13.3. The van der Waals surface area contributed by atoms with E-state index in [4.69, 9.17) is 0 Å². The van der Waals surface area contributed by atoms with Crippen molar-refractivity contribution in [2.75, 3.05) is 0 Å². The summed E-state index contributed by atoms with van der Waals surface area (Å²) in [5, 5.41) is 2.50. The van der Waals surface area contributed by atoms with E-state index in [9.17, 15) is 0 Å². The Morgan fingerprint density at radius 3 is 2.53 bits per heavy atom. The van der Waals surface area contributed by atoms with E-state index in [1.807, 2.05) is 19.9 Å². The molecule has 0 aliphatic heterocycles. The third-order valence-electron chi connectivity index (χ3n) is 3.19. The number of nitrogens with zero attached hydrogens (tertiary/aromatic N) is 1. The highest BCUT2D eigenvalue weighted by Gasteiger charge is 2.14. The van der Waals surface area contributed by atoms with Gasteiger partial charge >= 0.3 is 0 Å². The Hall–Kier alpha value is -2.15. The van der Waals surface area contributed by atoms with Crippen LogP contribution in [0.1, 0.15) is 19.5 Å². The molecule has 1 nitrogen and oxygen atoms in total. The molecule has 1 heteroatoms. The van der Waals surface area contributed by atoms with Gasteiger partial charge in [-0.25, -0.2) is 4.57 Å². The first-order valence-corrected chi connectivity index (χ1v) is 6.51. The van der Waals surface area contributed by atoms with Gasteiger partial charge in [0, 0.05) is 17.0 Å². The van der Waals surface area contributed by atoms with Gasteiger partial charge in [0.1, 0.15) is 7.05 Å². The molecule has 0 aliphatic rings. The molecule has 2 aromatic rings. The Kier molecular flexibility index (Phi) is 3.96. The van der Waals surface area contributed by atoms with Crippen molar-refractivity contribution in [2.45, 2.75) is 13.8 Å². The number of aryl methyl sites for hydroxylation is 1. The number of pyridine rings is 1. The van der Waals surface area contributed by atoms with Crippen LogP contribution in [0.4, 0.5) is 0 Å². The van der Waals surface area contributed by atoms with Crippen LogP contribution in [0.15, 0.2) is 66.9 Å². The van der Waals surface area contributed by atoms with Crippen molar-refractivity contribution in [3.8, 4) is 0 Å². The lowest BCUT2D eigenvalue weighted by Crippen LogP contribution is -2.32. The van der Waals surface area contributed by atoms with Gasteiger partial charge in [-0.15, -0.1) is 0 Å². The lowest BCUT2D eigenvalue weighted by molar-refractivity contribution is -0.672. The second-order valence-electron chi connectivity index (χ2n) is 4.78. The molecule has 1 aromatic heterocycles. The van der Waals surface area contributed by atoms with E-state index in [0.29, 0.717) is 0 Å². The standard InChI is InChI=1S/C18H20N/c1-5-6-11-17(14(2)3)18-12-15-9-7-8-10-16(15)13-19(18)4/h5-13H,2H2,1,3-4H3/q+1. The van der Waals surface area contributed by atoms with Gasteiger partial charge in [-0.2, -0.15) is 0 Å². The molecule has 0 atom stereocenters. The summed E-state index contributed by atoms with van der Waals surface area (Å²) < 4.78 is 2.16. The number of hydrogen-bond acceptors (Lipinski definition) is 0. The number of rotatable bonds is 3. The van der Waals surface area contributed by atoms with Crippen LogP contribution in [0, 0.1) is 0 Å². The zero-order chi connectivity index (χ0) is 13.8. The molecule has 0 spiro atoms. The van der Waals surface area contributed by atoms with Gasteiger partial charge < -0.3 is 0 Å². The van der Waals surface area contributed by atoms with Crippen molar-refractivity contribution >= 4 is 16.3 Å². The van der Waals surface area contributed by atoms with Crippen molar-refractivity contribution in [1.29, 1.82) is 0 Å². The summed E-state index contributed by atoms with van der Waals surface area (Å²) in [6.07, 6.45) is 8.37. The molecule has 0 amide bonds. The maximum Gasteiger partial charge on any atom is 0.213 e. The molecule has 0 radical (unpaired) electrons. The molecule has 0 N–H and O–H groups in total. The number of benzene rings is 1. The average molecular weight is 250 g/mol. The number of aromatic nitrogens is 1. The molecule has 1 heterocycles. The number of allylic oxidation sites excluding steroid dienone is 5. The Labute approximate surface area is 115 Å². The van der Waals surface area contributed by atoms with Crippen LogP contribution in [-0.2, 0) is 7.05 Å². The minimum absolute atomic E-state index is 1.07. The fraction of sp³-hybridized carbons (Fsp3) is 0.167. The second kappa shape index (κ2) is 5.66. The second-order valence-corrected chi connectivity index (χ2v) is 4.78. The predicted octanol–water partition coefficient (Wildman–Crippen LogP) is 4.20. The van der Waals surface area contributed by atoms with Crippen LogP contribution in [0.5, 0.6) is 0 Å². The van der Waals surface area contributed by atoms with Crippen LogP contribution >= 0.6 is 0 Å². The predicted molar refractivity (Wildman–Crippen MR) is 82.7 cm³/mol. The third-order valence-corrected chi connectivity index (χ3v) is 3.19. The summed E-state index contributed by atoms with van der Waals surface area (Å²) in [5.74, 6) is 0. The molecule has 19 heavy (non-hydrogen) atoms. The van der Waals surface area contributed by atoms with Gasteiger partial charge in [-0.1, -0.05) is 36.9 Å². The summed E-state index contributed by atoms with van der Waals surface area (Å²) >= 11 is 0. The quantitative estimate of drug-likeness (QED) is 0.568. The SMILES string of the molecule is C=C(C)C(=CC=CC)c1cc2ccccc2c[n+]1C. The maximum atomic E-state index is 4.09. The molecule has 1 aromatic carbocycles. The van der Waals surface area contributed by atoms with Gasteiger partial charge in [0.05, 0.1) is 0 Å². The highest BCUT2D eigenvalue weighted by molar-refractivity contribution is 5.85. The van der Waals surface area contributed by atoms with Crippen molar-refractivity contribution in [3.63, 3.8) is 0 Å². The third kappa shape index (κ3) is 2.82. The summed E-state index contributed by atoms with van der Waals surface area (Å²) in [7, 11) is 2.08. The van der Waals surface area contributed by atoms with Gasteiger partial charge in [-0.05, 0) is 36.9 Å². The molecule has 0 fully saturated rings. The molecule has 96 valence electrons.